The highest BCUT2D eigenvalue weighted by Crippen LogP contribution is 2.12. The second-order valence-corrected chi connectivity index (χ2v) is 8.93. The van der Waals surface area contributed by atoms with Crippen LogP contribution in [0.15, 0.2) is 29.2 Å². The molecule has 37 heavy (non-hydrogen) atoms. The van der Waals surface area contributed by atoms with Crippen molar-refractivity contribution in [1.29, 1.82) is 0 Å². The van der Waals surface area contributed by atoms with Gasteiger partial charge in [0, 0.05) is 6.54 Å². The first kappa shape index (κ1) is 35.8. The van der Waals surface area contributed by atoms with Crippen LogP contribution >= 0.6 is 0 Å². The van der Waals surface area contributed by atoms with Crippen molar-refractivity contribution in [2.45, 2.75) is 11.8 Å². The molecule has 13 heteroatoms. The number of aliphatic hydroxyl groups excluding tert-OH is 2. The number of ether oxygens (including phenoxy) is 6. The Morgan fingerprint density at radius 2 is 1.00 bits per heavy atom. The molecule has 0 radical (unpaired) electrons. The average molecular weight is 556 g/mol. The summed E-state index contributed by atoms with van der Waals surface area (Å²) in [5.41, 5.74) is 0.981. The van der Waals surface area contributed by atoms with Crippen molar-refractivity contribution in [2.75, 3.05) is 113 Å². The largest absolute Gasteiger partial charge is 0.394 e. The number of likely N-dealkylation sites (N-methyl/N-ethyl adjacent to an activating group) is 1. The summed E-state index contributed by atoms with van der Waals surface area (Å²) < 4.78 is 59.5. The van der Waals surface area contributed by atoms with Crippen LogP contribution in [0.25, 0.3) is 0 Å². The van der Waals surface area contributed by atoms with E-state index < -0.39 is 10.1 Å². The second-order valence-electron chi connectivity index (χ2n) is 7.31. The number of nitrogens with one attached hydrogen (secondary N) is 1. The molecule has 3 N–H and O–H groups in total. The first-order valence-corrected chi connectivity index (χ1v) is 13.7. The lowest BCUT2D eigenvalue weighted by Crippen LogP contribution is -2.16. The molecule has 0 aromatic heterocycles. The van der Waals surface area contributed by atoms with Gasteiger partial charge in [-0.05, 0) is 26.1 Å². The van der Waals surface area contributed by atoms with Gasteiger partial charge >= 0.3 is 0 Å². The van der Waals surface area contributed by atoms with E-state index in [1.165, 1.54) is 12.1 Å². The van der Waals surface area contributed by atoms with E-state index in [0.29, 0.717) is 72.7 Å². The molecule has 0 fully saturated rings. The fraction of sp³-hybridized carbons (Fsp3) is 0.750. The maximum Gasteiger partial charge on any atom is 0.297 e. The molecule has 1 rings (SSSR count). The summed E-state index contributed by atoms with van der Waals surface area (Å²) in [5, 5.41) is 19.9. The molecule has 0 heterocycles. The summed E-state index contributed by atoms with van der Waals surface area (Å²) in [5.74, 6) is 0. The van der Waals surface area contributed by atoms with Gasteiger partial charge in [0.25, 0.3) is 10.1 Å². The molecule has 0 spiro atoms. The predicted molar refractivity (Wildman–Crippen MR) is 137 cm³/mol. The van der Waals surface area contributed by atoms with Crippen LogP contribution < -0.4 is 5.32 Å². The number of aliphatic hydroxyl groups is 2. The van der Waals surface area contributed by atoms with Crippen LogP contribution in [0.3, 0.4) is 0 Å². The fourth-order valence-electron chi connectivity index (χ4n) is 2.36. The Bertz CT molecular complexity index is 693. The van der Waals surface area contributed by atoms with Crippen molar-refractivity contribution >= 4 is 10.1 Å². The maximum atomic E-state index is 11.9. The van der Waals surface area contributed by atoms with E-state index in [1.807, 2.05) is 14.0 Å². The topological polar surface area (TPSA) is 151 Å². The number of hydrogen-bond acceptors (Lipinski definition) is 12. The van der Waals surface area contributed by atoms with Gasteiger partial charge in [0.1, 0.15) is 0 Å². The Kier molecular flexibility index (Phi) is 25.5. The summed E-state index contributed by atoms with van der Waals surface area (Å²) in [4.78, 5) is 0.134. The van der Waals surface area contributed by atoms with Crippen molar-refractivity contribution in [3.8, 4) is 0 Å². The Hall–Kier alpha value is -1.23. The molecule has 0 saturated carbocycles. The van der Waals surface area contributed by atoms with E-state index in [2.05, 4.69) is 5.32 Å². The highest BCUT2D eigenvalue weighted by molar-refractivity contribution is 7.86. The number of aryl methyl sites for hydroxylation is 1. The van der Waals surface area contributed by atoms with E-state index in [0.717, 1.165) is 12.1 Å². The third-order valence-electron chi connectivity index (χ3n) is 4.23. The van der Waals surface area contributed by atoms with Crippen LogP contribution in [0.4, 0.5) is 0 Å². The van der Waals surface area contributed by atoms with Gasteiger partial charge < -0.3 is 44.0 Å². The normalized spacial score (nSPS) is 11.4. The minimum absolute atomic E-state index is 0.00535. The van der Waals surface area contributed by atoms with Crippen molar-refractivity contribution in [3.63, 3.8) is 0 Å². The van der Waals surface area contributed by atoms with Crippen LogP contribution in [-0.2, 0) is 42.7 Å². The van der Waals surface area contributed by atoms with Crippen LogP contribution in [0.2, 0.25) is 0 Å². The number of benzene rings is 1. The fourth-order valence-corrected chi connectivity index (χ4v) is 3.26. The van der Waals surface area contributed by atoms with Gasteiger partial charge in [-0.3, -0.25) is 4.18 Å². The Morgan fingerprint density at radius 3 is 1.41 bits per heavy atom. The predicted octanol–water partition coefficient (Wildman–Crippen LogP) is -0.00968. The first-order valence-electron chi connectivity index (χ1n) is 12.3. The molecular weight excluding hydrogens is 510 g/mol. The molecule has 0 aliphatic heterocycles. The van der Waals surface area contributed by atoms with Crippen LogP contribution in [0.1, 0.15) is 5.56 Å². The summed E-state index contributed by atoms with van der Waals surface area (Å²) in [6.07, 6.45) is 0. The third-order valence-corrected chi connectivity index (χ3v) is 5.56. The molecule has 1 aromatic rings. The van der Waals surface area contributed by atoms with Gasteiger partial charge in [0.2, 0.25) is 0 Å². The maximum absolute atomic E-state index is 11.9. The highest BCUT2D eigenvalue weighted by Gasteiger charge is 2.14. The van der Waals surface area contributed by atoms with Crippen LogP contribution in [0.5, 0.6) is 0 Å². The van der Waals surface area contributed by atoms with Gasteiger partial charge in [-0.1, -0.05) is 17.7 Å². The molecule has 0 unspecified atom stereocenters. The van der Waals surface area contributed by atoms with Crippen LogP contribution in [-0.4, -0.2) is 131 Å². The minimum atomic E-state index is -3.74. The lowest BCUT2D eigenvalue weighted by atomic mass is 10.2. The van der Waals surface area contributed by atoms with Gasteiger partial charge in [-0.25, -0.2) is 0 Å². The lowest BCUT2D eigenvalue weighted by Gasteiger charge is -2.08. The van der Waals surface area contributed by atoms with Gasteiger partial charge in [0.05, 0.1) is 104 Å². The van der Waals surface area contributed by atoms with E-state index in [-0.39, 0.29) is 31.3 Å². The Morgan fingerprint density at radius 1 is 0.622 bits per heavy atom. The van der Waals surface area contributed by atoms with E-state index in [1.54, 1.807) is 12.1 Å². The Balaban J connectivity index is 0.000000795. The van der Waals surface area contributed by atoms with Crippen molar-refractivity contribution in [3.05, 3.63) is 29.8 Å². The zero-order valence-electron chi connectivity index (χ0n) is 22.1. The average Bonchev–Trinajstić information content (AvgIpc) is 2.89. The minimum Gasteiger partial charge on any atom is -0.394 e. The summed E-state index contributed by atoms with van der Waals surface area (Å²) in [6, 6.07) is 6.46. The smallest absolute Gasteiger partial charge is 0.297 e. The number of hydrogen-bond donors (Lipinski definition) is 3. The molecule has 0 aliphatic rings. The quantitative estimate of drug-likeness (QED) is 0.116. The molecule has 12 nitrogen and oxygen atoms in total. The van der Waals surface area contributed by atoms with Gasteiger partial charge in [-0.15, -0.1) is 0 Å². The molecule has 0 amide bonds. The SMILES string of the molecule is CNCCOCCOCCOCCO.Cc1ccc(S(=O)(=O)OCCOCCOCCOCCO)cc1. The molecule has 1 aromatic carbocycles. The lowest BCUT2D eigenvalue weighted by molar-refractivity contribution is 0.00389. The molecule has 0 atom stereocenters. The molecule has 0 aliphatic carbocycles. The molecule has 0 bridgehead atoms. The van der Waals surface area contributed by atoms with E-state index in [4.69, 9.17) is 42.8 Å². The molecular formula is C24H45NO11S. The van der Waals surface area contributed by atoms with Crippen LogP contribution in [0, 0.1) is 6.92 Å². The second kappa shape index (κ2) is 26.4. The van der Waals surface area contributed by atoms with E-state index >= 15 is 0 Å². The zero-order valence-corrected chi connectivity index (χ0v) is 22.9. The summed E-state index contributed by atoms with van der Waals surface area (Å²) >= 11 is 0. The van der Waals surface area contributed by atoms with Gasteiger partial charge in [0.15, 0.2) is 0 Å². The Labute approximate surface area is 221 Å². The van der Waals surface area contributed by atoms with Crippen molar-refractivity contribution in [1.82, 2.24) is 5.32 Å². The summed E-state index contributed by atoms with van der Waals surface area (Å²) in [6.45, 7) is 8.13. The monoisotopic (exact) mass is 555 g/mol. The zero-order chi connectivity index (χ0) is 27.5. The first-order chi connectivity index (χ1) is 18.0. The molecule has 218 valence electrons. The molecule has 0 saturated heterocycles. The van der Waals surface area contributed by atoms with E-state index in [9.17, 15) is 8.42 Å². The summed E-state index contributed by atoms with van der Waals surface area (Å²) in [7, 11) is -1.85. The van der Waals surface area contributed by atoms with Gasteiger partial charge in [-0.2, -0.15) is 8.42 Å². The third kappa shape index (κ3) is 23.6. The standard InChI is InChI=1S/C15H24O7S.C9H21NO4/c1-14-2-4-15(5-3-14)23(17,18)22-13-12-21-11-10-20-9-8-19-7-6-16;1-10-2-4-12-6-8-14-9-7-13-5-3-11/h2-5,16H,6-13H2,1H3;10-11H,2-9H2,1H3. The highest BCUT2D eigenvalue weighted by atomic mass is 32.2. The van der Waals surface area contributed by atoms with Crippen molar-refractivity contribution in [2.24, 2.45) is 0 Å². The van der Waals surface area contributed by atoms with Crippen molar-refractivity contribution < 1.29 is 51.2 Å². The number of rotatable bonds is 24.